The molecule has 3 atom stereocenters. The number of hydrogen-bond donors (Lipinski definition) is 1. The van der Waals surface area contributed by atoms with Gasteiger partial charge in [-0.15, -0.1) is 0 Å². The van der Waals surface area contributed by atoms with Crippen LogP contribution in [-0.2, 0) is 9.53 Å². The Labute approximate surface area is 155 Å². The maximum absolute atomic E-state index is 12.2. The Kier molecular flexibility index (Phi) is 5.22. The molecular weight excluding hydrogens is 322 g/mol. The van der Waals surface area contributed by atoms with Crippen LogP contribution in [0, 0.1) is 17.8 Å². The Morgan fingerprint density at radius 2 is 1.88 bits per heavy atom. The Morgan fingerprint density at radius 1 is 1.04 bits per heavy atom. The third-order valence-corrected chi connectivity index (χ3v) is 5.95. The average Bonchev–Trinajstić information content (AvgIpc) is 2.70. The van der Waals surface area contributed by atoms with Crippen LogP contribution >= 0.6 is 0 Å². The second-order valence-corrected chi connectivity index (χ2v) is 7.54. The van der Waals surface area contributed by atoms with Gasteiger partial charge in [0.1, 0.15) is 6.61 Å². The molecule has 2 fully saturated rings. The van der Waals surface area contributed by atoms with Crippen molar-refractivity contribution in [1.82, 2.24) is 0 Å². The van der Waals surface area contributed by atoms with Crippen molar-refractivity contribution in [2.45, 2.75) is 38.1 Å². The molecule has 0 bridgehead atoms. The summed E-state index contributed by atoms with van der Waals surface area (Å²) in [6.07, 6.45) is 6.36. The third-order valence-electron chi connectivity index (χ3n) is 5.95. The lowest BCUT2D eigenvalue weighted by molar-refractivity contribution is -0.940. The van der Waals surface area contributed by atoms with Gasteiger partial charge in [0.15, 0.2) is 0 Å². The fourth-order valence-corrected chi connectivity index (χ4v) is 4.65. The van der Waals surface area contributed by atoms with Crippen molar-refractivity contribution in [2.24, 2.45) is 5.92 Å². The van der Waals surface area contributed by atoms with Crippen molar-refractivity contribution < 1.29 is 14.4 Å². The van der Waals surface area contributed by atoms with Crippen LogP contribution in [0.25, 0.3) is 10.8 Å². The molecule has 2 saturated heterocycles. The van der Waals surface area contributed by atoms with E-state index in [9.17, 15) is 4.79 Å². The van der Waals surface area contributed by atoms with Crippen molar-refractivity contribution in [1.29, 1.82) is 0 Å². The fourth-order valence-electron chi connectivity index (χ4n) is 4.65. The van der Waals surface area contributed by atoms with Crippen LogP contribution in [0.15, 0.2) is 42.5 Å². The van der Waals surface area contributed by atoms with E-state index in [1.807, 2.05) is 30.3 Å². The summed E-state index contributed by atoms with van der Waals surface area (Å²) in [5.41, 5.74) is 0.876. The van der Waals surface area contributed by atoms with Crippen LogP contribution in [0.1, 0.15) is 37.7 Å². The van der Waals surface area contributed by atoms with E-state index < -0.39 is 5.97 Å². The summed E-state index contributed by atoms with van der Waals surface area (Å²) in [5, 5.41) is 2.21. The molecule has 26 heavy (non-hydrogen) atoms. The fraction of sp³-hybridized carbons (Fsp3) is 0.435. The van der Waals surface area contributed by atoms with Gasteiger partial charge >= 0.3 is 5.97 Å². The van der Waals surface area contributed by atoms with E-state index in [-0.39, 0.29) is 0 Å². The topological polar surface area (TPSA) is 30.7 Å². The molecule has 4 rings (SSSR count). The van der Waals surface area contributed by atoms with Gasteiger partial charge in [-0.1, -0.05) is 42.3 Å². The number of rotatable bonds is 2. The van der Waals surface area contributed by atoms with Crippen molar-refractivity contribution in [3.63, 3.8) is 0 Å². The maximum atomic E-state index is 12.2. The summed E-state index contributed by atoms with van der Waals surface area (Å²) in [6.45, 7) is 3.10. The minimum atomic E-state index is -0.402. The zero-order valence-electron chi connectivity index (χ0n) is 15.2. The number of hydrogen-bond acceptors (Lipinski definition) is 2. The lowest BCUT2D eigenvalue weighted by atomic mass is 9.84. The maximum Gasteiger partial charge on any atom is 0.384 e. The Morgan fingerprint density at radius 3 is 2.85 bits per heavy atom. The minimum Gasteiger partial charge on any atom is -0.456 e. The van der Waals surface area contributed by atoms with Gasteiger partial charge in [0.2, 0.25) is 0 Å². The van der Waals surface area contributed by atoms with Crippen LogP contribution < -0.4 is 4.90 Å². The summed E-state index contributed by atoms with van der Waals surface area (Å²) < 4.78 is 5.54. The van der Waals surface area contributed by atoms with Gasteiger partial charge in [-0.05, 0) is 48.9 Å². The number of carbonyl (C=O) groups excluding carboxylic acids is 1. The summed E-state index contributed by atoms with van der Waals surface area (Å²) in [6, 6.07) is 14.7. The van der Waals surface area contributed by atoms with Crippen LogP contribution in [0.3, 0.4) is 0 Å². The van der Waals surface area contributed by atoms with E-state index in [1.165, 1.54) is 45.2 Å². The molecule has 3 heteroatoms. The lowest BCUT2D eigenvalue weighted by Crippen LogP contribution is -3.18. The first kappa shape index (κ1) is 17.1. The number of quaternary nitrogens is 1. The number of esters is 1. The number of piperidine rings is 2. The van der Waals surface area contributed by atoms with Crippen LogP contribution in [0.5, 0.6) is 0 Å². The first-order valence-corrected chi connectivity index (χ1v) is 9.82. The summed E-state index contributed by atoms with van der Waals surface area (Å²) in [5.74, 6) is 5.79. The van der Waals surface area contributed by atoms with Gasteiger partial charge < -0.3 is 9.64 Å². The van der Waals surface area contributed by atoms with Gasteiger partial charge in [-0.2, -0.15) is 0 Å². The third kappa shape index (κ3) is 3.76. The lowest BCUT2D eigenvalue weighted by Gasteiger charge is -2.40. The van der Waals surface area contributed by atoms with E-state index in [0.717, 1.165) is 16.3 Å². The number of ether oxygens (including phenoxy) is 1. The summed E-state index contributed by atoms with van der Waals surface area (Å²) in [4.78, 5) is 13.9. The second kappa shape index (κ2) is 7.93. The zero-order valence-corrected chi connectivity index (χ0v) is 15.2. The second-order valence-electron chi connectivity index (χ2n) is 7.54. The molecule has 1 unspecified atom stereocenters. The van der Waals surface area contributed by atoms with Gasteiger partial charge in [0.25, 0.3) is 0 Å². The van der Waals surface area contributed by atoms with E-state index in [2.05, 4.69) is 24.0 Å². The normalized spacial score (nSPS) is 25.0. The van der Waals surface area contributed by atoms with Gasteiger partial charge in [0, 0.05) is 17.4 Å². The molecule has 2 aromatic carbocycles. The Hall–Kier alpha value is -2.31. The van der Waals surface area contributed by atoms with Gasteiger partial charge in [0.05, 0.1) is 19.1 Å². The minimum absolute atomic E-state index is 0.402. The average molecular weight is 348 g/mol. The highest BCUT2D eigenvalue weighted by Gasteiger charge is 2.37. The molecule has 0 radical (unpaired) electrons. The zero-order chi connectivity index (χ0) is 17.8. The van der Waals surface area contributed by atoms with Crippen LogP contribution in [0.4, 0.5) is 0 Å². The van der Waals surface area contributed by atoms with Crippen molar-refractivity contribution >= 4 is 16.7 Å². The smallest absolute Gasteiger partial charge is 0.384 e. The number of fused-ring (bicyclic) bond motifs is 2. The van der Waals surface area contributed by atoms with E-state index in [0.29, 0.717) is 18.6 Å². The van der Waals surface area contributed by atoms with Crippen molar-refractivity contribution in [3.05, 3.63) is 48.0 Å². The number of carbonyl (C=O) groups is 1. The van der Waals surface area contributed by atoms with Crippen LogP contribution in [-0.4, -0.2) is 31.7 Å². The first-order chi connectivity index (χ1) is 12.8. The van der Waals surface area contributed by atoms with E-state index in [4.69, 9.17) is 4.74 Å². The summed E-state index contributed by atoms with van der Waals surface area (Å²) >= 11 is 0. The molecule has 0 saturated carbocycles. The van der Waals surface area contributed by atoms with Crippen molar-refractivity contribution in [3.8, 4) is 11.8 Å². The van der Waals surface area contributed by atoms with E-state index in [1.54, 1.807) is 4.90 Å². The van der Waals surface area contributed by atoms with E-state index >= 15 is 0 Å². The standard InChI is InChI=1S/C23H25NO2/c25-23(14-13-19-9-5-8-18-7-1-2-11-21(18)19)26-17-20-10-6-16-24-15-4-3-12-22(20)24/h1-2,5,7-9,11,20,22H,3-4,6,10,12,15-17H2/p+1/t20-,22+/m1/s1. The van der Waals surface area contributed by atoms with Crippen molar-refractivity contribution in [2.75, 3.05) is 19.7 Å². The van der Waals surface area contributed by atoms with Crippen LogP contribution in [0.2, 0.25) is 0 Å². The predicted molar refractivity (Wildman–Crippen MR) is 103 cm³/mol. The number of nitrogens with one attached hydrogen (secondary N) is 1. The molecule has 2 aromatic rings. The molecular formula is C23H26NO2+. The molecule has 3 nitrogen and oxygen atoms in total. The predicted octanol–water partition coefficient (Wildman–Crippen LogP) is 2.58. The Bertz CT molecular complexity index is 841. The molecule has 134 valence electrons. The number of benzene rings is 2. The molecule has 2 aliphatic rings. The summed E-state index contributed by atoms with van der Waals surface area (Å²) in [7, 11) is 0. The monoisotopic (exact) mass is 348 g/mol. The Balaban J connectivity index is 1.39. The molecule has 0 aromatic heterocycles. The highest BCUT2D eigenvalue weighted by Crippen LogP contribution is 2.21. The molecule has 0 spiro atoms. The molecule has 2 heterocycles. The highest BCUT2D eigenvalue weighted by atomic mass is 16.5. The SMILES string of the molecule is O=C(C#Cc1cccc2ccccc12)OC[C@H]1CCC[NH+]2CCCC[C@@H]12. The molecule has 2 aliphatic heterocycles. The van der Waals surface area contributed by atoms with Gasteiger partial charge in [-0.25, -0.2) is 4.79 Å². The first-order valence-electron chi connectivity index (χ1n) is 9.82. The molecule has 1 N–H and O–H groups in total. The largest absolute Gasteiger partial charge is 0.456 e. The molecule has 0 aliphatic carbocycles. The molecule has 0 amide bonds. The quantitative estimate of drug-likeness (QED) is 0.668. The van der Waals surface area contributed by atoms with Gasteiger partial charge in [-0.3, -0.25) is 0 Å². The highest BCUT2D eigenvalue weighted by molar-refractivity contribution is 5.92.